The van der Waals surface area contributed by atoms with Crippen LogP contribution in [0, 0.1) is 0 Å². The molecular weight excluding hydrogens is 176 g/mol. The molecule has 70 valence electrons. The maximum Gasteiger partial charge on any atom is 0.212 e. The fraction of sp³-hybridized carbons (Fsp3) is 0.0909. The van der Waals surface area contributed by atoms with Gasteiger partial charge in [-0.05, 0) is 12.1 Å². The molecule has 2 aromatic heterocycles. The molecule has 2 rings (SSSR count). The number of hydrogen-bond donors (Lipinski definition) is 0. The van der Waals surface area contributed by atoms with Crippen LogP contribution < -0.4 is 4.74 Å². The van der Waals surface area contributed by atoms with Crippen LogP contribution in [0.25, 0.3) is 11.1 Å². The molecule has 0 aliphatic carbocycles. The van der Waals surface area contributed by atoms with Crippen molar-refractivity contribution in [2.24, 2.45) is 0 Å². The van der Waals surface area contributed by atoms with Gasteiger partial charge in [-0.2, -0.15) is 0 Å². The Kier molecular flexibility index (Phi) is 2.40. The molecule has 2 aromatic rings. The molecule has 0 spiro atoms. The average molecular weight is 186 g/mol. The zero-order chi connectivity index (χ0) is 9.80. The lowest BCUT2D eigenvalue weighted by Crippen LogP contribution is -1.87. The van der Waals surface area contributed by atoms with E-state index < -0.39 is 0 Å². The summed E-state index contributed by atoms with van der Waals surface area (Å²) in [5.41, 5.74) is 2.10. The van der Waals surface area contributed by atoms with E-state index in [2.05, 4.69) is 9.97 Å². The Morgan fingerprint density at radius 3 is 2.50 bits per heavy atom. The number of rotatable bonds is 2. The Morgan fingerprint density at radius 1 is 1.07 bits per heavy atom. The van der Waals surface area contributed by atoms with E-state index in [1.807, 2.05) is 30.5 Å². The SMILES string of the molecule is COc1ccc(-c2cccnc2)cn1. The summed E-state index contributed by atoms with van der Waals surface area (Å²) in [7, 11) is 1.60. The molecule has 0 N–H and O–H groups in total. The minimum absolute atomic E-state index is 0.623. The van der Waals surface area contributed by atoms with E-state index in [1.165, 1.54) is 0 Å². The fourth-order valence-corrected chi connectivity index (χ4v) is 1.21. The molecule has 0 saturated heterocycles. The molecule has 0 fully saturated rings. The van der Waals surface area contributed by atoms with Crippen molar-refractivity contribution in [3.8, 4) is 17.0 Å². The summed E-state index contributed by atoms with van der Waals surface area (Å²) >= 11 is 0. The first kappa shape index (κ1) is 8.69. The average Bonchev–Trinajstić information content (AvgIpc) is 2.30. The first-order chi connectivity index (χ1) is 6.90. The van der Waals surface area contributed by atoms with Crippen molar-refractivity contribution in [1.29, 1.82) is 0 Å². The van der Waals surface area contributed by atoms with Gasteiger partial charge in [0.15, 0.2) is 0 Å². The quantitative estimate of drug-likeness (QED) is 0.720. The predicted octanol–water partition coefficient (Wildman–Crippen LogP) is 2.15. The summed E-state index contributed by atoms with van der Waals surface area (Å²) < 4.78 is 4.98. The number of pyridine rings is 2. The predicted molar refractivity (Wildman–Crippen MR) is 54.0 cm³/mol. The zero-order valence-corrected chi connectivity index (χ0v) is 7.84. The van der Waals surface area contributed by atoms with Crippen LogP contribution in [0.2, 0.25) is 0 Å². The standard InChI is InChI=1S/C11H10N2O/c1-14-11-5-4-10(8-13-11)9-3-2-6-12-7-9/h2-8H,1H3. The van der Waals surface area contributed by atoms with Gasteiger partial charge in [-0.15, -0.1) is 0 Å². The summed E-state index contributed by atoms with van der Waals surface area (Å²) in [5, 5.41) is 0. The molecule has 0 unspecified atom stereocenters. The Morgan fingerprint density at radius 2 is 1.93 bits per heavy atom. The van der Waals surface area contributed by atoms with E-state index in [1.54, 1.807) is 19.5 Å². The molecule has 3 heteroatoms. The van der Waals surface area contributed by atoms with E-state index in [0.29, 0.717) is 5.88 Å². The molecular formula is C11H10N2O. The molecule has 0 saturated carbocycles. The van der Waals surface area contributed by atoms with E-state index >= 15 is 0 Å². The van der Waals surface area contributed by atoms with Crippen LogP contribution in [-0.4, -0.2) is 17.1 Å². The lowest BCUT2D eigenvalue weighted by atomic mass is 10.1. The van der Waals surface area contributed by atoms with E-state index in [0.717, 1.165) is 11.1 Å². The van der Waals surface area contributed by atoms with E-state index in [4.69, 9.17) is 4.74 Å². The third-order valence-electron chi connectivity index (χ3n) is 1.94. The Labute approximate surface area is 82.4 Å². The first-order valence-corrected chi connectivity index (χ1v) is 4.30. The maximum atomic E-state index is 4.98. The van der Waals surface area contributed by atoms with Crippen molar-refractivity contribution in [3.63, 3.8) is 0 Å². The summed E-state index contributed by atoms with van der Waals surface area (Å²) in [6.45, 7) is 0. The highest BCUT2D eigenvalue weighted by Gasteiger charge is 1.97. The Balaban J connectivity index is 2.34. The molecule has 3 nitrogen and oxygen atoms in total. The zero-order valence-electron chi connectivity index (χ0n) is 7.84. The second kappa shape index (κ2) is 3.87. The minimum atomic E-state index is 0.623. The Hall–Kier alpha value is -1.90. The summed E-state index contributed by atoms with van der Waals surface area (Å²) in [4.78, 5) is 8.17. The van der Waals surface area contributed by atoms with Crippen LogP contribution in [0.4, 0.5) is 0 Å². The molecule has 2 heterocycles. The third-order valence-corrected chi connectivity index (χ3v) is 1.94. The monoisotopic (exact) mass is 186 g/mol. The van der Waals surface area contributed by atoms with Gasteiger partial charge in [0, 0.05) is 35.8 Å². The maximum absolute atomic E-state index is 4.98. The number of hydrogen-bond acceptors (Lipinski definition) is 3. The number of ether oxygens (including phenoxy) is 1. The van der Waals surface area contributed by atoms with Crippen molar-refractivity contribution in [1.82, 2.24) is 9.97 Å². The van der Waals surface area contributed by atoms with E-state index in [9.17, 15) is 0 Å². The molecule has 0 aliphatic heterocycles. The lowest BCUT2D eigenvalue weighted by molar-refractivity contribution is 0.398. The highest BCUT2D eigenvalue weighted by atomic mass is 16.5. The number of methoxy groups -OCH3 is 1. The minimum Gasteiger partial charge on any atom is -0.481 e. The second-order valence-corrected chi connectivity index (χ2v) is 2.83. The molecule has 0 aliphatic rings. The van der Waals surface area contributed by atoms with Crippen molar-refractivity contribution in [2.75, 3.05) is 7.11 Å². The normalized spacial score (nSPS) is 9.79. The van der Waals surface area contributed by atoms with Crippen LogP contribution in [0.5, 0.6) is 5.88 Å². The van der Waals surface area contributed by atoms with Gasteiger partial charge in [0.1, 0.15) is 0 Å². The molecule has 0 radical (unpaired) electrons. The van der Waals surface area contributed by atoms with Crippen molar-refractivity contribution >= 4 is 0 Å². The Bertz CT molecular complexity index is 397. The largest absolute Gasteiger partial charge is 0.481 e. The topological polar surface area (TPSA) is 35.0 Å². The van der Waals surface area contributed by atoms with Gasteiger partial charge >= 0.3 is 0 Å². The number of aromatic nitrogens is 2. The number of nitrogens with zero attached hydrogens (tertiary/aromatic N) is 2. The first-order valence-electron chi connectivity index (χ1n) is 4.30. The van der Waals surface area contributed by atoms with Gasteiger partial charge in [0.25, 0.3) is 0 Å². The molecule has 0 atom stereocenters. The second-order valence-electron chi connectivity index (χ2n) is 2.83. The highest BCUT2D eigenvalue weighted by Crippen LogP contribution is 2.18. The van der Waals surface area contributed by atoms with Crippen LogP contribution >= 0.6 is 0 Å². The molecule has 0 amide bonds. The van der Waals surface area contributed by atoms with Crippen LogP contribution in [0.15, 0.2) is 42.9 Å². The molecule has 14 heavy (non-hydrogen) atoms. The van der Waals surface area contributed by atoms with Gasteiger partial charge in [0.05, 0.1) is 7.11 Å². The van der Waals surface area contributed by atoms with Gasteiger partial charge in [-0.25, -0.2) is 4.98 Å². The highest BCUT2D eigenvalue weighted by molar-refractivity contribution is 5.61. The van der Waals surface area contributed by atoms with Gasteiger partial charge < -0.3 is 4.74 Å². The van der Waals surface area contributed by atoms with Crippen LogP contribution in [0.3, 0.4) is 0 Å². The summed E-state index contributed by atoms with van der Waals surface area (Å²) in [5.74, 6) is 0.623. The van der Waals surface area contributed by atoms with Crippen LogP contribution in [-0.2, 0) is 0 Å². The van der Waals surface area contributed by atoms with Gasteiger partial charge in [-0.3, -0.25) is 4.98 Å². The van der Waals surface area contributed by atoms with E-state index in [-0.39, 0.29) is 0 Å². The summed E-state index contributed by atoms with van der Waals surface area (Å²) in [6, 6.07) is 7.70. The van der Waals surface area contributed by atoms with Gasteiger partial charge in [-0.1, -0.05) is 6.07 Å². The molecule has 0 bridgehead atoms. The van der Waals surface area contributed by atoms with Crippen molar-refractivity contribution in [2.45, 2.75) is 0 Å². The lowest BCUT2D eigenvalue weighted by Gasteiger charge is -2.01. The molecule has 0 aromatic carbocycles. The van der Waals surface area contributed by atoms with Crippen molar-refractivity contribution < 1.29 is 4.74 Å². The summed E-state index contributed by atoms with van der Waals surface area (Å²) in [6.07, 6.45) is 5.33. The fourth-order valence-electron chi connectivity index (χ4n) is 1.21. The van der Waals surface area contributed by atoms with Crippen LogP contribution in [0.1, 0.15) is 0 Å². The smallest absolute Gasteiger partial charge is 0.212 e. The van der Waals surface area contributed by atoms with Crippen molar-refractivity contribution in [3.05, 3.63) is 42.9 Å². The third kappa shape index (κ3) is 1.71. The van der Waals surface area contributed by atoms with Gasteiger partial charge in [0.2, 0.25) is 5.88 Å².